The van der Waals surface area contributed by atoms with Crippen molar-refractivity contribution in [3.8, 4) is 16.9 Å². The molecule has 1 amide bonds. The molecule has 0 bridgehead atoms. The zero-order valence-electron chi connectivity index (χ0n) is 16.1. The predicted octanol–water partition coefficient (Wildman–Crippen LogP) is 4.86. The number of rotatable bonds is 6. The van der Waals surface area contributed by atoms with E-state index in [0.29, 0.717) is 17.9 Å². The van der Waals surface area contributed by atoms with E-state index in [1.165, 1.54) is 0 Å². The third-order valence-corrected chi connectivity index (χ3v) is 4.67. The summed E-state index contributed by atoms with van der Waals surface area (Å²) in [6.45, 7) is 0.536. The van der Waals surface area contributed by atoms with Gasteiger partial charge in [0.2, 0.25) is 0 Å². The average molecular weight is 383 g/mol. The van der Waals surface area contributed by atoms with Crippen LogP contribution in [0.4, 0.5) is 5.69 Å². The summed E-state index contributed by atoms with van der Waals surface area (Å²) in [7, 11) is 1.64. The zero-order valence-corrected chi connectivity index (χ0v) is 16.1. The second kappa shape index (κ2) is 8.44. The molecule has 0 aliphatic rings. The van der Waals surface area contributed by atoms with Gasteiger partial charge >= 0.3 is 0 Å². The Morgan fingerprint density at radius 1 is 0.966 bits per heavy atom. The summed E-state index contributed by atoms with van der Waals surface area (Å²) < 4.78 is 7.19. The van der Waals surface area contributed by atoms with Crippen molar-refractivity contribution >= 4 is 11.6 Å². The van der Waals surface area contributed by atoms with E-state index in [1.54, 1.807) is 24.1 Å². The molecule has 1 heterocycles. The number of carbonyl (C=O) groups is 1. The summed E-state index contributed by atoms with van der Waals surface area (Å²) in [4.78, 5) is 12.9. The number of carbonyl (C=O) groups excluding carboxylic acids is 1. The third kappa shape index (κ3) is 4.19. The molecule has 5 nitrogen and oxygen atoms in total. The average Bonchev–Trinajstić information content (AvgIpc) is 3.23. The van der Waals surface area contributed by atoms with Gasteiger partial charge in [0.1, 0.15) is 11.4 Å². The number of nitrogens with one attached hydrogen (secondary N) is 1. The number of nitrogens with zero attached hydrogens (tertiary/aromatic N) is 2. The fraction of sp³-hybridized carbons (Fsp3) is 0.0833. The maximum absolute atomic E-state index is 12.9. The molecule has 4 aromatic rings. The number of hydrogen-bond donors (Lipinski definition) is 1. The van der Waals surface area contributed by atoms with Crippen LogP contribution in [0.3, 0.4) is 0 Å². The lowest BCUT2D eigenvalue weighted by Gasteiger charge is -2.13. The summed E-state index contributed by atoms with van der Waals surface area (Å²) >= 11 is 0. The van der Waals surface area contributed by atoms with Gasteiger partial charge in [0.25, 0.3) is 5.91 Å². The van der Waals surface area contributed by atoms with E-state index >= 15 is 0 Å². The van der Waals surface area contributed by atoms with Crippen molar-refractivity contribution in [3.63, 3.8) is 0 Å². The molecule has 0 aliphatic carbocycles. The Kier molecular flexibility index (Phi) is 5.38. The number of aromatic nitrogens is 2. The minimum Gasteiger partial charge on any atom is -0.496 e. The Morgan fingerprint density at radius 3 is 2.41 bits per heavy atom. The molecule has 0 fully saturated rings. The fourth-order valence-electron chi connectivity index (χ4n) is 3.23. The van der Waals surface area contributed by atoms with Gasteiger partial charge in [0.15, 0.2) is 0 Å². The van der Waals surface area contributed by atoms with Crippen LogP contribution < -0.4 is 10.1 Å². The van der Waals surface area contributed by atoms with Crippen molar-refractivity contribution < 1.29 is 9.53 Å². The van der Waals surface area contributed by atoms with Gasteiger partial charge < -0.3 is 10.1 Å². The molecule has 144 valence electrons. The van der Waals surface area contributed by atoms with Crippen LogP contribution in [-0.4, -0.2) is 22.8 Å². The van der Waals surface area contributed by atoms with E-state index in [1.807, 2.05) is 78.9 Å². The van der Waals surface area contributed by atoms with Gasteiger partial charge in [-0.15, -0.1) is 0 Å². The molecule has 0 aliphatic heterocycles. The van der Waals surface area contributed by atoms with Crippen molar-refractivity contribution in [1.82, 2.24) is 9.78 Å². The summed E-state index contributed by atoms with van der Waals surface area (Å²) in [6, 6.07) is 27.2. The third-order valence-electron chi connectivity index (χ3n) is 4.67. The highest BCUT2D eigenvalue weighted by Crippen LogP contribution is 2.32. The van der Waals surface area contributed by atoms with E-state index in [2.05, 4.69) is 10.4 Å². The van der Waals surface area contributed by atoms with Gasteiger partial charge in [-0.3, -0.25) is 9.48 Å². The van der Waals surface area contributed by atoms with E-state index in [0.717, 1.165) is 22.4 Å². The lowest BCUT2D eigenvalue weighted by molar-refractivity contribution is 0.101. The molecule has 1 N–H and O–H groups in total. The highest BCUT2D eigenvalue weighted by Gasteiger charge is 2.14. The first-order chi connectivity index (χ1) is 14.2. The second-order valence-corrected chi connectivity index (χ2v) is 6.59. The maximum Gasteiger partial charge on any atom is 0.273 e. The van der Waals surface area contributed by atoms with Crippen LogP contribution in [0.5, 0.6) is 5.75 Å². The number of benzene rings is 3. The highest BCUT2D eigenvalue weighted by atomic mass is 16.5. The van der Waals surface area contributed by atoms with E-state index in [9.17, 15) is 4.79 Å². The molecule has 1 aromatic heterocycles. The van der Waals surface area contributed by atoms with Crippen molar-refractivity contribution in [3.05, 3.63) is 102 Å². The number of hydrogen-bond acceptors (Lipinski definition) is 3. The molecule has 0 spiro atoms. The van der Waals surface area contributed by atoms with Crippen molar-refractivity contribution in [1.29, 1.82) is 0 Å². The van der Waals surface area contributed by atoms with Crippen LogP contribution in [-0.2, 0) is 6.54 Å². The topological polar surface area (TPSA) is 56.1 Å². The molecule has 29 heavy (non-hydrogen) atoms. The predicted molar refractivity (Wildman–Crippen MR) is 114 cm³/mol. The second-order valence-electron chi connectivity index (χ2n) is 6.59. The van der Waals surface area contributed by atoms with Crippen LogP contribution in [0.15, 0.2) is 91.1 Å². The summed E-state index contributed by atoms with van der Waals surface area (Å²) in [5.41, 5.74) is 4.23. The maximum atomic E-state index is 12.9. The molecule has 4 rings (SSSR count). The molecule has 0 saturated heterocycles. The van der Waals surface area contributed by atoms with Crippen molar-refractivity contribution in [2.24, 2.45) is 0 Å². The van der Waals surface area contributed by atoms with Gasteiger partial charge in [-0.1, -0.05) is 60.7 Å². The Bertz CT molecular complexity index is 1110. The molecule has 0 saturated carbocycles. The molecule has 3 aromatic carbocycles. The monoisotopic (exact) mass is 383 g/mol. The molecule has 0 atom stereocenters. The van der Waals surface area contributed by atoms with E-state index in [-0.39, 0.29) is 5.91 Å². The SMILES string of the molecule is COc1ccc(NC(=O)c2ccnn2Cc2ccccc2)cc1-c1ccccc1. The quantitative estimate of drug-likeness (QED) is 0.517. The summed E-state index contributed by atoms with van der Waals surface area (Å²) in [5, 5.41) is 7.28. The molecule has 0 unspecified atom stereocenters. The summed E-state index contributed by atoms with van der Waals surface area (Å²) in [6.07, 6.45) is 1.64. The standard InChI is InChI=1S/C24H21N3O2/c1-29-23-13-12-20(16-21(23)19-10-6-3-7-11-19)26-24(28)22-14-15-25-27(22)17-18-8-4-2-5-9-18/h2-16H,17H2,1H3,(H,26,28). The molecule has 0 radical (unpaired) electrons. The Morgan fingerprint density at radius 2 is 1.69 bits per heavy atom. The largest absolute Gasteiger partial charge is 0.496 e. The van der Waals surface area contributed by atoms with Gasteiger partial charge in [-0.05, 0) is 35.4 Å². The Balaban J connectivity index is 1.57. The Labute approximate surface area is 169 Å². The first kappa shape index (κ1) is 18.5. The van der Waals surface area contributed by atoms with Crippen LogP contribution in [0.2, 0.25) is 0 Å². The van der Waals surface area contributed by atoms with Gasteiger partial charge in [-0.25, -0.2) is 0 Å². The highest BCUT2D eigenvalue weighted by molar-refractivity contribution is 6.03. The molecular weight excluding hydrogens is 362 g/mol. The van der Waals surface area contributed by atoms with Gasteiger partial charge in [0, 0.05) is 17.4 Å². The van der Waals surface area contributed by atoms with Gasteiger partial charge in [-0.2, -0.15) is 5.10 Å². The Hall–Kier alpha value is -3.86. The molecule has 5 heteroatoms. The fourth-order valence-corrected chi connectivity index (χ4v) is 3.23. The zero-order chi connectivity index (χ0) is 20.1. The van der Waals surface area contributed by atoms with Crippen molar-refractivity contribution in [2.45, 2.75) is 6.54 Å². The number of ether oxygens (including phenoxy) is 1. The van der Waals surface area contributed by atoms with E-state index < -0.39 is 0 Å². The lowest BCUT2D eigenvalue weighted by atomic mass is 10.0. The van der Waals surface area contributed by atoms with Crippen LogP contribution >= 0.6 is 0 Å². The van der Waals surface area contributed by atoms with Crippen LogP contribution in [0, 0.1) is 0 Å². The van der Waals surface area contributed by atoms with Crippen molar-refractivity contribution in [2.75, 3.05) is 12.4 Å². The number of methoxy groups -OCH3 is 1. The van der Waals surface area contributed by atoms with Gasteiger partial charge in [0.05, 0.1) is 13.7 Å². The minimum atomic E-state index is -0.206. The number of amides is 1. The summed E-state index contributed by atoms with van der Waals surface area (Å²) in [5.74, 6) is 0.547. The lowest BCUT2D eigenvalue weighted by Crippen LogP contribution is -2.18. The smallest absolute Gasteiger partial charge is 0.273 e. The minimum absolute atomic E-state index is 0.206. The normalized spacial score (nSPS) is 10.5. The first-order valence-electron chi connectivity index (χ1n) is 9.35. The van der Waals surface area contributed by atoms with E-state index in [4.69, 9.17) is 4.74 Å². The van der Waals surface area contributed by atoms with Crippen LogP contribution in [0.25, 0.3) is 11.1 Å². The molecular formula is C24H21N3O2. The number of anilines is 1. The first-order valence-corrected chi connectivity index (χ1v) is 9.35. The van der Waals surface area contributed by atoms with Crippen LogP contribution in [0.1, 0.15) is 16.1 Å².